The van der Waals surface area contributed by atoms with E-state index in [1.54, 1.807) is 19.2 Å². The second-order valence-corrected chi connectivity index (χ2v) is 5.13. The molecule has 96 valence electrons. The first kappa shape index (κ1) is 13.1. The molecule has 4 nitrogen and oxygen atoms in total. The molecule has 1 atom stereocenters. The molecule has 0 bridgehead atoms. The fraction of sp³-hybridized carbons (Fsp3) is 0.308. The third kappa shape index (κ3) is 1.74. The molecule has 1 heterocycles. The summed E-state index contributed by atoms with van der Waals surface area (Å²) in [6, 6.07) is 5.42. The van der Waals surface area contributed by atoms with Crippen molar-refractivity contribution < 1.29 is 14.6 Å². The molecule has 1 amide bonds. The van der Waals surface area contributed by atoms with Crippen LogP contribution in [-0.2, 0) is 15.1 Å². The van der Waals surface area contributed by atoms with E-state index in [0.717, 1.165) is 0 Å². The van der Waals surface area contributed by atoms with Gasteiger partial charge in [0.15, 0.2) is 5.60 Å². The van der Waals surface area contributed by atoms with Gasteiger partial charge in [0.1, 0.15) is 0 Å². The van der Waals surface area contributed by atoms with Gasteiger partial charge in [-0.05, 0) is 12.1 Å². The molecule has 0 saturated carbocycles. The first-order chi connectivity index (χ1) is 8.41. The number of carbonyl (C=O) groups is 1. The van der Waals surface area contributed by atoms with Gasteiger partial charge in [-0.3, -0.25) is 4.79 Å². The van der Waals surface area contributed by atoms with E-state index in [1.165, 1.54) is 12.0 Å². The van der Waals surface area contributed by atoms with E-state index in [4.69, 9.17) is 4.74 Å². The lowest BCUT2D eigenvalue weighted by Crippen LogP contribution is -2.39. The Morgan fingerprint density at radius 2 is 2.28 bits per heavy atom. The molecule has 1 N–H and O–H groups in total. The number of halogens is 1. The number of benzene rings is 1. The zero-order chi connectivity index (χ0) is 13.5. The number of amides is 1. The average Bonchev–Trinajstić information content (AvgIpc) is 2.53. The van der Waals surface area contributed by atoms with Crippen molar-refractivity contribution in [1.82, 2.24) is 0 Å². The second kappa shape index (κ2) is 4.40. The standard InChI is InChI=1S/C13H14BrNO3/c1-8(18-3)7-13(17)11-9(14)5-4-6-10(11)15(2)12(13)16/h4-6,17H,1,7H2,2-3H3/t13-/m1/s1. The molecule has 18 heavy (non-hydrogen) atoms. The van der Waals surface area contributed by atoms with Gasteiger partial charge in [0.2, 0.25) is 0 Å². The van der Waals surface area contributed by atoms with E-state index in [0.29, 0.717) is 21.5 Å². The van der Waals surface area contributed by atoms with Gasteiger partial charge in [0, 0.05) is 23.5 Å². The number of methoxy groups -OCH3 is 1. The second-order valence-electron chi connectivity index (χ2n) is 4.28. The van der Waals surface area contributed by atoms with Gasteiger partial charge in [0.05, 0.1) is 18.6 Å². The predicted octanol–water partition coefficient (Wildman–Crippen LogP) is 2.16. The molecule has 0 unspecified atom stereocenters. The fourth-order valence-electron chi connectivity index (χ4n) is 2.22. The molecule has 0 aromatic heterocycles. The summed E-state index contributed by atoms with van der Waals surface area (Å²) in [5.74, 6) is -0.00884. The van der Waals surface area contributed by atoms with Gasteiger partial charge < -0.3 is 14.7 Å². The van der Waals surface area contributed by atoms with Crippen molar-refractivity contribution in [2.45, 2.75) is 12.0 Å². The van der Waals surface area contributed by atoms with Crippen molar-refractivity contribution >= 4 is 27.5 Å². The minimum atomic E-state index is -1.61. The van der Waals surface area contributed by atoms with Gasteiger partial charge in [-0.15, -0.1) is 0 Å². The molecule has 0 aliphatic carbocycles. The zero-order valence-corrected chi connectivity index (χ0v) is 11.8. The summed E-state index contributed by atoms with van der Waals surface area (Å²) in [5.41, 5.74) is -0.353. The van der Waals surface area contributed by atoms with E-state index in [1.807, 2.05) is 6.07 Å². The van der Waals surface area contributed by atoms with Gasteiger partial charge >= 0.3 is 0 Å². The maximum Gasteiger partial charge on any atom is 0.263 e. The Balaban J connectivity index is 2.57. The van der Waals surface area contributed by atoms with E-state index in [2.05, 4.69) is 22.5 Å². The number of carbonyl (C=O) groups excluding carboxylic acids is 1. The lowest BCUT2D eigenvalue weighted by atomic mass is 9.91. The van der Waals surface area contributed by atoms with E-state index in [-0.39, 0.29) is 12.3 Å². The zero-order valence-electron chi connectivity index (χ0n) is 10.2. The van der Waals surface area contributed by atoms with Crippen molar-refractivity contribution in [2.24, 2.45) is 0 Å². The molecule has 1 aromatic rings. The van der Waals surface area contributed by atoms with Crippen molar-refractivity contribution in [3.05, 3.63) is 40.6 Å². The minimum Gasteiger partial charge on any atom is -0.502 e. The number of aliphatic hydroxyl groups is 1. The summed E-state index contributed by atoms with van der Waals surface area (Å²) >= 11 is 3.38. The van der Waals surface area contributed by atoms with Gasteiger partial charge in [-0.25, -0.2) is 0 Å². The third-order valence-corrected chi connectivity index (χ3v) is 3.83. The monoisotopic (exact) mass is 311 g/mol. The molecule has 1 aliphatic heterocycles. The van der Waals surface area contributed by atoms with Crippen LogP contribution in [0, 0.1) is 0 Å². The van der Waals surface area contributed by atoms with Crippen molar-refractivity contribution in [3.63, 3.8) is 0 Å². The molecule has 1 aliphatic rings. The molecule has 5 heteroatoms. The Morgan fingerprint density at radius 1 is 1.61 bits per heavy atom. The lowest BCUT2D eigenvalue weighted by molar-refractivity contribution is -0.136. The number of likely N-dealkylation sites (N-methyl/N-ethyl adjacent to an activating group) is 1. The van der Waals surface area contributed by atoms with E-state index in [9.17, 15) is 9.90 Å². The van der Waals surface area contributed by atoms with Crippen LogP contribution >= 0.6 is 15.9 Å². The quantitative estimate of drug-likeness (QED) is 0.870. The fourth-order valence-corrected chi connectivity index (χ4v) is 2.90. The van der Waals surface area contributed by atoms with Crippen LogP contribution in [0.15, 0.2) is 35.0 Å². The van der Waals surface area contributed by atoms with Crippen LogP contribution in [0.2, 0.25) is 0 Å². The summed E-state index contributed by atoms with van der Waals surface area (Å²) in [7, 11) is 3.11. The molecule has 0 spiro atoms. The summed E-state index contributed by atoms with van der Waals surface area (Å²) < 4.78 is 5.67. The predicted molar refractivity (Wildman–Crippen MR) is 72.2 cm³/mol. The Bertz CT molecular complexity index is 529. The minimum absolute atomic E-state index is 0.0439. The molecule has 0 saturated heterocycles. The number of hydrogen-bond donors (Lipinski definition) is 1. The molecular formula is C13H14BrNO3. The molecule has 0 radical (unpaired) electrons. The average molecular weight is 312 g/mol. The SMILES string of the molecule is C=C(C[C@]1(O)C(=O)N(C)c2cccc(Br)c21)OC. The van der Waals surface area contributed by atoms with Crippen molar-refractivity contribution in [2.75, 3.05) is 19.1 Å². The Hall–Kier alpha value is -1.33. The van der Waals surface area contributed by atoms with E-state index >= 15 is 0 Å². The van der Waals surface area contributed by atoms with Crippen LogP contribution in [0.3, 0.4) is 0 Å². The normalized spacial score (nSPS) is 22.0. The highest BCUT2D eigenvalue weighted by Crippen LogP contribution is 2.46. The van der Waals surface area contributed by atoms with Gasteiger partial charge in [-0.1, -0.05) is 28.6 Å². The van der Waals surface area contributed by atoms with Crippen molar-refractivity contribution in [3.8, 4) is 0 Å². The molecule has 2 rings (SSSR count). The van der Waals surface area contributed by atoms with E-state index < -0.39 is 5.60 Å². The topological polar surface area (TPSA) is 49.8 Å². The van der Waals surface area contributed by atoms with Gasteiger partial charge in [-0.2, -0.15) is 0 Å². The lowest BCUT2D eigenvalue weighted by Gasteiger charge is -2.23. The first-order valence-corrected chi connectivity index (χ1v) is 6.22. The van der Waals surface area contributed by atoms with Crippen LogP contribution in [0.4, 0.5) is 5.69 Å². The van der Waals surface area contributed by atoms with Gasteiger partial charge in [0.25, 0.3) is 5.91 Å². The smallest absolute Gasteiger partial charge is 0.263 e. The summed E-state index contributed by atoms with van der Waals surface area (Å²) in [6.07, 6.45) is 0.0439. The van der Waals surface area contributed by atoms with Crippen LogP contribution in [-0.4, -0.2) is 25.2 Å². The maximum atomic E-state index is 12.2. The van der Waals surface area contributed by atoms with Crippen LogP contribution in [0.5, 0.6) is 0 Å². The molecule has 1 aromatic carbocycles. The van der Waals surface area contributed by atoms with Crippen LogP contribution in [0.1, 0.15) is 12.0 Å². The number of hydrogen-bond acceptors (Lipinski definition) is 3. The number of rotatable bonds is 3. The molecular weight excluding hydrogens is 298 g/mol. The summed E-state index contributed by atoms with van der Waals surface area (Å²) in [4.78, 5) is 13.7. The Labute approximate surface area is 114 Å². The number of fused-ring (bicyclic) bond motifs is 1. The van der Waals surface area contributed by atoms with Crippen LogP contribution in [0.25, 0.3) is 0 Å². The first-order valence-electron chi connectivity index (χ1n) is 5.43. The third-order valence-electron chi connectivity index (χ3n) is 3.17. The summed E-state index contributed by atoms with van der Waals surface area (Å²) in [5, 5.41) is 10.7. The maximum absolute atomic E-state index is 12.2. The number of anilines is 1. The van der Waals surface area contributed by atoms with Crippen LogP contribution < -0.4 is 4.90 Å². The highest BCUT2D eigenvalue weighted by molar-refractivity contribution is 9.10. The Kier molecular flexibility index (Phi) is 3.21. The number of nitrogens with zero attached hydrogens (tertiary/aromatic N) is 1. The largest absolute Gasteiger partial charge is 0.502 e. The molecule has 0 fully saturated rings. The summed E-state index contributed by atoms with van der Waals surface area (Å²) in [6.45, 7) is 3.68. The highest BCUT2D eigenvalue weighted by atomic mass is 79.9. The number of ether oxygens (including phenoxy) is 1. The highest BCUT2D eigenvalue weighted by Gasteiger charge is 2.50. The Morgan fingerprint density at radius 3 is 2.89 bits per heavy atom. The van der Waals surface area contributed by atoms with Crippen molar-refractivity contribution in [1.29, 1.82) is 0 Å².